The zero-order chi connectivity index (χ0) is 17.3. The summed E-state index contributed by atoms with van der Waals surface area (Å²) in [6.07, 6.45) is 8.20. The Labute approximate surface area is 149 Å². The standard InChI is InChI=1S/C20H26N4O/c1-2-23-15-21-13-17(23)14-22-19(25)24-11-9-20(10-12-24)8-7-16-5-3-4-6-18(16)20/h3-6,13,15H,2,7-12,14H2,1H3,(H,22,25). The molecule has 2 aromatic rings. The summed E-state index contributed by atoms with van der Waals surface area (Å²) < 4.78 is 2.06. The molecule has 1 fully saturated rings. The third-order valence-electron chi connectivity index (χ3n) is 6.03. The van der Waals surface area contributed by atoms with Crippen LogP contribution in [0.15, 0.2) is 36.8 Å². The molecule has 1 aliphatic carbocycles. The van der Waals surface area contributed by atoms with E-state index in [4.69, 9.17) is 0 Å². The molecule has 0 unspecified atom stereocenters. The molecule has 1 N–H and O–H groups in total. The molecule has 2 heterocycles. The van der Waals surface area contributed by atoms with E-state index in [1.165, 1.54) is 24.0 Å². The van der Waals surface area contributed by atoms with Gasteiger partial charge in [-0.25, -0.2) is 9.78 Å². The average molecular weight is 338 g/mol. The SMILES string of the molecule is CCn1cncc1CNC(=O)N1CCC2(CCc3ccccc32)CC1. The first-order valence-electron chi connectivity index (χ1n) is 9.32. The topological polar surface area (TPSA) is 50.2 Å². The van der Waals surface area contributed by atoms with Crippen molar-refractivity contribution in [3.63, 3.8) is 0 Å². The van der Waals surface area contributed by atoms with E-state index < -0.39 is 0 Å². The lowest BCUT2D eigenvalue weighted by molar-refractivity contribution is 0.156. The minimum Gasteiger partial charge on any atom is -0.333 e. The lowest BCUT2D eigenvalue weighted by Crippen LogP contribution is -2.48. The molecule has 1 saturated heterocycles. The Morgan fingerprint density at radius 1 is 1.24 bits per heavy atom. The van der Waals surface area contributed by atoms with Crippen LogP contribution in [0.1, 0.15) is 43.0 Å². The third-order valence-corrected chi connectivity index (χ3v) is 6.03. The van der Waals surface area contributed by atoms with Crippen molar-refractivity contribution >= 4 is 6.03 Å². The Morgan fingerprint density at radius 2 is 2.04 bits per heavy atom. The van der Waals surface area contributed by atoms with Gasteiger partial charge in [0, 0.05) is 25.8 Å². The number of urea groups is 1. The Bertz CT molecular complexity index is 759. The molecule has 0 radical (unpaired) electrons. The molecule has 1 aromatic heterocycles. The second-order valence-corrected chi connectivity index (χ2v) is 7.25. The Kier molecular flexibility index (Phi) is 4.24. The van der Waals surface area contributed by atoms with Crippen molar-refractivity contribution in [3.8, 4) is 0 Å². The number of fused-ring (bicyclic) bond motifs is 2. The summed E-state index contributed by atoms with van der Waals surface area (Å²) in [6.45, 7) is 5.17. The monoisotopic (exact) mass is 338 g/mol. The summed E-state index contributed by atoms with van der Waals surface area (Å²) >= 11 is 0. The predicted molar refractivity (Wildman–Crippen MR) is 97.4 cm³/mol. The van der Waals surface area contributed by atoms with Gasteiger partial charge in [-0.15, -0.1) is 0 Å². The molecular weight excluding hydrogens is 312 g/mol. The van der Waals surface area contributed by atoms with Gasteiger partial charge >= 0.3 is 6.03 Å². The van der Waals surface area contributed by atoms with Crippen molar-refractivity contribution < 1.29 is 4.79 Å². The second kappa shape index (κ2) is 6.54. The number of aromatic nitrogens is 2. The van der Waals surface area contributed by atoms with Crippen molar-refractivity contribution in [1.82, 2.24) is 19.8 Å². The van der Waals surface area contributed by atoms with Crippen molar-refractivity contribution in [2.45, 2.75) is 51.1 Å². The van der Waals surface area contributed by atoms with Gasteiger partial charge < -0.3 is 14.8 Å². The Hall–Kier alpha value is -2.30. The number of carbonyl (C=O) groups is 1. The predicted octanol–water partition coefficient (Wildman–Crippen LogP) is 3.09. The van der Waals surface area contributed by atoms with E-state index in [0.29, 0.717) is 12.0 Å². The highest BCUT2D eigenvalue weighted by Gasteiger charge is 2.41. The van der Waals surface area contributed by atoms with Gasteiger partial charge in [-0.2, -0.15) is 0 Å². The summed E-state index contributed by atoms with van der Waals surface area (Å²) in [5.74, 6) is 0. The van der Waals surface area contributed by atoms with Gasteiger partial charge in [-0.3, -0.25) is 0 Å². The number of amides is 2. The molecule has 0 saturated carbocycles. The van der Waals surface area contributed by atoms with Crippen LogP contribution in [0.4, 0.5) is 4.79 Å². The van der Waals surface area contributed by atoms with E-state index >= 15 is 0 Å². The van der Waals surface area contributed by atoms with Crippen LogP contribution in [0.2, 0.25) is 0 Å². The highest BCUT2D eigenvalue weighted by Crippen LogP contribution is 2.46. The summed E-state index contributed by atoms with van der Waals surface area (Å²) in [5.41, 5.74) is 4.39. The molecule has 1 spiro atoms. The van der Waals surface area contributed by atoms with Crippen molar-refractivity contribution in [2.75, 3.05) is 13.1 Å². The van der Waals surface area contributed by atoms with Crippen LogP contribution in [0, 0.1) is 0 Å². The Morgan fingerprint density at radius 3 is 2.84 bits per heavy atom. The molecule has 0 bridgehead atoms. The van der Waals surface area contributed by atoms with Crippen LogP contribution >= 0.6 is 0 Å². The second-order valence-electron chi connectivity index (χ2n) is 7.25. The highest BCUT2D eigenvalue weighted by atomic mass is 16.2. The number of hydrogen-bond donors (Lipinski definition) is 1. The summed E-state index contributed by atoms with van der Waals surface area (Å²) in [7, 11) is 0. The summed E-state index contributed by atoms with van der Waals surface area (Å²) in [6, 6.07) is 8.90. The molecule has 2 amide bonds. The molecule has 1 aromatic carbocycles. The van der Waals surface area contributed by atoms with Gasteiger partial charge in [0.1, 0.15) is 0 Å². The number of imidazole rings is 1. The maximum Gasteiger partial charge on any atom is 0.317 e. The molecule has 4 rings (SSSR count). The van der Waals surface area contributed by atoms with E-state index in [9.17, 15) is 4.79 Å². The van der Waals surface area contributed by atoms with Crippen LogP contribution in [-0.4, -0.2) is 33.6 Å². The number of hydrogen-bond acceptors (Lipinski definition) is 2. The van der Waals surface area contributed by atoms with E-state index in [-0.39, 0.29) is 6.03 Å². The normalized spacial score (nSPS) is 18.4. The minimum absolute atomic E-state index is 0.0463. The number of piperidine rings is 1. The minimum atomic E-state index is 0.0463. The smallest absolute Gasteiger partial charge is 0.317 e. The molecule has 5 nitrogen and oxygen atoms in total. The molecule has 1 aliphatic heterocycles. The quantitative estimate of drug-likeness (QED) is 0.935. The average Bonchev–Trinajstić information content (AvgIpc) is 3.26. The largest absolute Gasteiger partial charge is 0.333 e. The maximum atomic E-state index is 12.5. The van der Waals surface area contributed by atoms with Gasteiger partial charge in [0.2, 0.25) is 0 Å². The third kappa shape index (κ3) is 2.92. The molecular formula is C20H26N4O. The van der Waals surface area contributed by atoms with E-state index in [0.717, 1.165) is 38.2 Å². The number of benzene rings is 1. The summed E-state index contributed by atoms with van der Waals surface area (Å²) in [5, 5.41) is 3.05. The maximum absolute atomic E-state index is 12.5. The number of likely N-dealkylation sites (tertiary alicyclic amines) is 1. The number of carbonyl (C=O) groups excluding carboxylic acids is 1. The lowest BCUT2D eigenvalue weighted by atomic mass is 9.74. The van der Waals surface area contributed by atoms with E-state index in [1.54, 1.807) is 0 Å². The fourth-order valence-electron chi connectivity index (χ4n) is 4.48. The van der Waals surface area contributed by atoms with Crippen LogP contribution in [-0.2, 0) is 24.9 Å². The molecule has 0 atom stereocenters. The van der Waals surface area contributed by atoms with Gasteiger partial charge in [-0.05, 0) is 49.1 Å². The number of nitrogens with zero attached hydrogens (tertiary/aromatic N) is 3. The highest BCUT2D eigenvalue weighted by molar-refractivity contribution is 5.74. The van der Waals surface area contributed by atoms with E-state index in [1.807, 2.05) is 17.4 Å². The van der Waals surface area contributed by atoms with Crippen molar-refractivity contribution in [3.05, 3.63) is 53.6 Å². The first kappa shape index (κ1) is 16.2. The van der Waals surface area contributed by atoms with Crippen LogP contribution in [0.3, 0.4) is 0 Å². The van der Waals surface area contributed by atoms with Gasteiger partial charge in [-0.1, -0.05) is 24.3 Å². The van der Waals surface area contributed by atoms with Crippen LogP contribution in [0.25, 0.3) is 0 Å². The number of rotatable bonds is 3. The zero-order valence-corrected chi connectivity index (χ0v) is 14.9. The number of aryl methyl sites for hydroxylation is 2. The molecule has 132 valence electrons. The lowest BCUT2D eigenvalue weighted by Gasteiger charge is -2.40. The number of nitrogens with one attached hydrogen (secondary N) is 1. The van der Waals surface area contributed by atoms with Gasteiger partial charge in [0.15, 0.2) is 0 Å². The summed E-state index contributed by atoms with van der Waals surface area (Å²) in [4.78, 5) is 18.6. The van der Waals surface area contributed by atoms with Crippen LogP contribution in [0.5, 0.6) is 0 Å². The fourth-order valence-corrected chi connectivity index (χ4v) is 4.48. The first-order chi connectivity index (χ1) is 12.2. The van der Waals surface area contributed by atoms with Crippen molar-refractivity contribution in [2.24, 2.45) is 0 Å². The van der Waals surface area contributed by atoms with Crippen LogP contribution < -0.4 is 5.32 Å². The fraction of sp³-hybridized carbons (Fsp3) is 0.500. The van der Waals surface area contributed by atoms with E-state index in [2.05, 4.69) is 46.1 Å². The molecule has 2 aliphatic rings. The Balaban J connectivity index is 1.35. The molecule has 5 heteroatoms. The zero-order valence-electron chi connectivity index (χ0n) is 14.9. The van der Waals surface area contributed by atoms with Crippen molar-refractivity contribution in [1.29, 1.82) is 0 Å². The van der Waals surface area contributed by atoms with Gasteiger partial charge in [0.05, 0.1) is 18.6 Å². The van der Waals surface area contributed by atoms with Gasteiger partial charge in [0.25, 0.3) is 0 Å². The first-order valence-corrected chi connectivity index (χ1v) is 9.32. The molecule has 25 heavy (non-hydrogen) atoms.